The van der Waals surface area contributed by atoms with Crippen molar-refractivity contribution < 1.29 is 4.79 Å². The lowest BCUT2D eigenvalue weighted by Gasteiger charge is -2.03. The molecule has 0 amide bonds. The molecule has 4 heteroatoms. The van der Waals surface area contributed by atoms with E-state index in [0.717, 1.165) is 29.7 Å². The molecule has 0 aliphatic rings. The zero-order chi connectivity index (χ0) is 15.9. The molecule has 0 saturated carbocycles. The molecule has 0 unspecified atom stereocenters. The summed E-state index contributed by atoms with van der Waals surface area (Å²) in [7, 11) is 0. The largest absolute Gasteiger partial charge is 0.294 e. The highest BCUT2D eigenvalue weighted by atomic mass is 35.5. The summed E-state index contributed by atoms with van der Waals surface area (Å²) in [5.41, 5.74) is 3.87. The Hall–Kier alpha value is -2.13. The van der Waals surface area contributed by atoms with Crippen LogP contribution in [0.3, 0.4) is 0 Å². The van der Waals surface area contributed by atoms with Crippen molar-refractivity contribution in [3.63, 3.8) is 0 Å². The van der Waals surface area contributed by atoms with Crippen molar-refractivity contribution in [1.82, 2.24) is 10.2 Å². The van der Waals surface area contributed by atoms with Crippen molar-refractivity contribution in [2.75, 3.05) is 0 Å². The Morgan fingerprint density at radius 1 is 1.32 bits per heavy atom. The van der Waals surface area contributed by atoms with Gasteiger partial charge in [-0.25, -0.2) is 0 Å². The fourth-order valence-electron chi connectivity index (χ4n) is 2.12. The van der Waals surface area contributed by atoms with Gasteiger partial charge in [-0.1, -0.05) is 35.9 Å². The number of nitrogens with zero attached hydrogens (tertiary/aromatic N) is 1. The minimum atomic E-state index is 0.000470. The van der Waals surface area contributed by atoms with Gasteiger partial charge in [0, 0.05) is 11.8 Å². The molecule has 0 bridgehead atoms. The van der Waals surface area contributed by atoms with E-state index in [1.54, 1.807) is 12.3 Å². The molecule has 1 aromatic carbocycles. The standard InChI is InChI=1S/C18H19ClN2O/c1-13(18-10-11-20-21-18)6-4-3-5-7-15-8-9-17(19)16(12-15)14(2)22/h3-4,6,8-12H,5,7H2,1-2H3,(H,20,21)/b4-3+,13-6+. The average molecular weight is 315 g/mol. The number of benzene rings is 1. The molecule has 114 valence electrons. The fraction of sp³-hybridized carbons (Fsp3) is 0.222. The van der Waals surface area contributed by atoms with Crippen LogP contribution in [0.25, 0.3) is 5.57 Å². The van der Waals surface area contributed by atoms with E-state index < -0.39 is 0 Å². The topological polar surface area (TPSA) is 45.8 Å². The van der Waals surface area contributed by atoms with Crippen LogP contribution in [0.5, 0.6) is 0 Å². The fourth-order valence-corrected chi connectivity index (χ4v) is 2.37. The smallest absolute Gasteiger partial charge is 0.161 e. The summed E-state index contributed by atoms with van der Waals surface area (Å²) < 4.78 is 0. The first-order chi connectivity index (χ1) is 10.6. The van der Waals surface area contributed by atoms with Crippen LogP contribution in [0.4, 0.5) is 0 Å². The summed E-state index contributed by atoms with van der Waals surface area (Å²) in [4.78, 5) is 11.5. The van der Waals surface area contributed by atoms with Gasteiger partial charge in [0.05, 0.1) is 10.7 Å². The number of hydrogen-bond acceptors (Lipinski definition) is 2. The molecule has 1 heterocycles. The second kappa shape index (κ2) is 7.76. The SMILES string of the molecule is CC(=O)c1cc(CC/C=C/C=C(\C)c2ccn[nH]2)ccc1Cl. The normalized spacial score (nSPS) is 12.0. The summed E-state index contributed by atoms with van der Waals surface area (Å²) in [6.07, 6.45) is 9.73. The number of rotatable bonds is 6. The predicted octanol–water partition coefficient (Wildman–Crippen LogP) is 4.86. The van der Waals surface area contributed by atoms with E-state index in [4.69, 9.17) is 11.6 Å². The lowest BCUT2D eigenvalue weighted by molar-refractivity contribution is 0.101. The van der Waals surface area contributed by atoms with Gasteiger partial charge in [-0.05, 0) is 56.0 Å². The average Bonchev–Trinajstić information content (AvgIpc) is 3.02. The molecule has 0 aliphatic carbocycles. The number of H-pyrrole nitrogens is 1. The van der Waals surface area contributed by atoms with Crippen LogP contribution >= 0.6 is 11.6 Å². The van der Waals surface area contributed by atoms with Crippen molar-refractivity contribution in [3.05, 3.63) is 70.5 Å². The summed E-state index contributed by atoms with van der Waals surface area (Å²) in [6, 6.07) is 7.58. The van der Waals surface area contributed by atoms with Crippen molar-refractivity contribution >= 4 is 23.0 Å². The molecular formula is C18H19ClN2O. The molecule has 0 atom stereocenters. The van der Waals surface area contributed by atoms with Gasteiger partial charge in [-0.2, -0.15) is 5.10 Å². The van der Waals surface area contributed by atoms with Crippen LogP contribution in [-0.2, 0) is 6.42 Å². The van der Waals surface area contributed by atoms with Gasteiger partial charge in [-0.3, -0.25) is 9.89 Å². The van der Waals surface area contributed by atoms with Crippen LogP contribution in [0.2, 0.25) is 5.02 Å². The zero-order valence-electron chi connectivity index (χ0n) is 12.8. The number of carbonyl (C=O) groups is 1. The van der Waals surface area contributed by atoms with E-state index in [9.17, 15) is 4.79 Å². The number of hydrogen-bond donors (Lipinski definition) is 1. The number of aromatic amines is 1. The number of carbonyl (C=O) groups excluding carboxylic acids is 1. The van der Waals surface area contributed by atoms with E-state index in [1.807, 2.05) is 31.2 Å². The van der Waals surface area contributed by atoms with E-state index in [0.29, 0.717) is 10.6 Å². The summed E-state index contributed by atoms with van der Waals surface area (Å²) in [6.45, 7) is 3.57. The second-order valence-corrected chi connectivity index (χ2v) is 5.56. The summed E-state index contributed by atoms with van der Waals surface area (Å²) in [5.74, 6) is 0.000470. The van der Waals surface area contributed by atoms with Gasteiger partial charge in [-0.15, -0.1) is 0 Å². The molecular weight excluding hydrogens is 296 g/mol. The van der Waals surface area contributed by atoms with E-state index in [-0.39, 0.29) is 5.78 Å². The Bertz CT molecular complexity index is 700. The summed E-state index contributed by atoms with van der Waals surface area (Å²) >= 11 is 6.01. The first-order valence-electron chi connectivity index (χ1n) is 7.20. The lowest BCUT2D eigenvalue weighted by atomic mass is 10.0. The molecule has 2 aromatic rings. The Morgan fingerprint density at radius 2 is 2.14 bits per heavy atom. The van der Waals surface area contributed by atoms with Crippen molar-refractivity contribution in [2.45, 2.75) is 26.7 Å². The number of aryl methyl sites for hydroxylation is 1. The van der Waals surface area contributed by atoms with Gasteiger partial charge in [0.25, 0.3) is 0 Å². The Balaban J connectivity index is 1.91. The van der Waals surface area contributed by atoms with Gasteiger partial charge in [0.15, 0.2) is 5.78 Å². The third-order valence-corrected chi connectivity index (χ3v) is 3.75. The molecule has 2 rings (SSSR count). The van der Waals surface area contributed by atoms with Crippen LogP contribution in [-0.4, -0.2) is 16.0 Å². The molecule has 1 aromatic heterocycles. The number of allylic oxidation sites excluding steroid dienone is 4. The van der Waals surface area contributed by atoms with Gasteiger partial charge >= 0.3 is 0 Å². The monoisotopic (exact) mass is 314 g/mol. The maximum atomic E-state index is 11.5. The number of halogens is 1. The van der Waals surface area contributed by atoms with Crippen molar-refractivity contribution in [3.8, 4) is 0 Å². The van der Waals surface area contributed by atoms with Crippen molar-refractivity contribution in [2.24, 2.45) is 0 Å². The first-order valence-corrected chi connectivity index (χ1v) is 7.58. The molecule has 0 radical (unpaired) electrons. The predicted molar refractivity (Wildman–Crippen MR) is 91.2 cm³/mol. The highest BCUT2D eigenvalue weighted by molar-refractivity contribution is 6.33. The molecule has 22 heavy (non-hydrogen) atoms. The van der Waals surface area contributed by atoms with Crippen LogP contribution in [0.15, 0.2) is 48.7 Å². The minimum absolute atomic E-state index is 0.000470. The first kappa shape index (κ1) is 16.2. The van der Waals surface area contributed by atoms with Crippen LogP contribution in [0, 0.1) is 0 Å². The second-order valence-electron chi connectivity index (χ2n) is 5.16. The third kappa shape index (κ3) is 4.43. The van der Waals surface area contributed by atoms with Gasteiger partial charge in [0.1, 0.15) is 0 Å². The lowest BCUT2D eigenvalue weighted by Crippen LogP contribution is -1.95. The molecule has 0 fully saturated rings. The Kier molecular flexibility index (Phi) is 5.73. The molecule has 3 nitrogen and oxygen atoms in total. The maximum absolute atomic E-state index is 11.5. The number of Topliss-reactive ketones (excluding diaryl/α,β-unsaturated/α-hetero) is 1. The summed E-state index contributed by atoms with van der Waals surface area (Å²) in [5, 5.41) is 7.38. The number of nitrogens with one attached hydrogen (secondary N) is 1. The number of ketones is 1. The van der Waals surface area contributed by atoms with Crippen LogP contribution < -0.4 is 0 Å². The Morgan fingerprint density at radius 3 is 2.82 bits per heavy atom. The minimum Gasteiger partial charge on any atom is -0.294 e. The maximum Gasteiger partial charge on any atom is 0.161 e. The zero-order valence-corrected chi connectivity index (χ0v) is 13.5. The van der Waals surface area contributed by atoms with Crippen molar-refractivity contribution in [1.29, 1.82) is 0 Å². The third-order valence-electron chi connectivity index (χ3n) is 3.42. The van der Waals surface area contributed by atoms with E-state index >= 15 is 0 Å². The van der Waals surface area contributed by atoms with Crippen LogP contribution in [0.1, 0.15) is 41.9 Å². The molecule has 0 saturated heterocycles. The molecule has 1 N–H and O–H groups in total. The van der Waals surface area contributed by atoms with E-state index in [2.05, 4.69) is 22.3 Å². The van der Waals surface area contributed by atoms with E-state index in [1.165, 1.54) is 6.92 Å². The Labute approximate surface area is 135 Å². The highest BCUT2D eigenvalue weighted by Gasteiger charge is 2.06. The highest BCUT2D eigenvalue weighted by Crippen LogP contribution is 2.19. The molecule has 0 aliphatic heterocycles. The van der Waals surface area contributed by atoms with Gasteiger partial charge < -0.3 is 0 Å². The quantitative estimate of drug-likeness (QED) is 0.611. The van der Waals surface area contributed by atoms with Gasteiger partial charge in [0.2, 0.25) is 0 Å². The molecule has 0 spiro atoms. The number of aromatic nitrogens is 2.